The van der Waals surface area contributed by atoms with Gasteiger partial charge in [-0.3, -0.25) is 4.68 Å². The van der Waals surface area contributed by atoms with E-state index >= 15 is 0 Å². The molecule has 29 heavy (non-hydrogen) atoms. The Morgan fingerprint density at radius 3 is 2.28 bits per heavy atom. The maximum atomic E-state index is 12.8. The van der Waals surface area contributed by atoms with Crippen LogP contribution in [-0.4, -0.2) is 28.0 Å². The largest absolute Gasteiger partial charge is 0.272 e. The van der Waals surface area contributed by atoms with Crippen LogP contribution in [0, 0.1) is 6.92 Å². The van der Waals surface area contributed by atoms with Crippen LogP contribution in [0.15, 0.2) is 78.0 Å². The molecule has 0 radical (unpaired) electrons. The Morgan fingerprint density at radius 1 is 1.00 bits per heavy atom. The van der Waals surface area contributed by atoms with Crippen molar-refractivity contribution >= 4 is 10.0 Å². The minimum absolute atomic E-state index is 0.119. The fourth-order valence-corrected chi connectivity index (χ4v) is 4.29. The number of nitrogens with zero attached hydrogens (tertiary/aromatic N) is 4. The van der Waals surface area contributed by atoms with E-state index in [1.54, 1.807) is 18.7 Å². The van der Waals surface area contributed by atoms with Gasteiger partial charge in [0.1, 0.15) is 4.90 Å². The first kappa shape index (κ1) is 19.1. The molecule has 2 heterocycles. The summed E-state index contributed by atoms with van der Waals surface area (Å²) in [5.41, 5.74) is 3.93. The lowest BCUT2D eigenvalue weighted by Crippen LogP contribution is -2.23. The molecular formula is C21H21N5O2S. The van der Waals surface area contributed by atoms with Crippen molar-refractivity contribution in [3.8, 4) is 16.9 Å². The second-order valence-corrected chi connectivity index (χ2v) is 8.43. The summed E-state index contributed by atoms with van der Waals surface area (Å²) in [6, 6.07) is 19.4. The first-order valence-electron chi connectivity index (χ1n) is 9.13. The Labute approximate surface area is 169 Å². The van der Waals surface area contributed by atoms with E-state index in [9.17, 15) is 8.42 Å². The van der Waals surface area contributed by atoms with Gasteiger partial charge < -0.3 is 0 Å². The Hall–Kier alpha value is -3.23. The van der Waals surface area contributed by atoms with Crippen LogP contribution in [0.4, 0.5) is 0 Å². The van der Waals surface area contributed by atoms with E-state index in [-0.39, 0.29) is 11.4 Å². The van der Waals surface area contributed by atoms with Gasteiger partial charge in [-0.15, -0.1) is 0 Å². The maximum absolute atomic E-state index is 12.8. The molecular weight excluding hydrogens is 386 g/mol. The molecule has 0 aliphatic heterocycles. The number of hydrogen-bond acceptors (Lipinski definition) is 4. The maximum Gasteiger partial charge on any atom is 0.244 e. The monoisotopic (exact) mass is 407 g/mol. The van der Waals surface area contributed by atoms with E-state index in [1.165, 1.54) is 10.9 Å². The summed E-state index contributed by atoms with van der Waals surface area (Å²) in [5.74, 6) is 0. The quantitative estimate of drug-likeness (QED) is 0.533. The van der Waals surface area contributed by atoms with E-state index in [2.05, 4.69) is 9.82 Å². The zero-order valence-corrected chi connectivity index (χ0v) is 17.0. The molecule has 2 aromatic carbocycles. The van der Waals surface area contributed by atoms with Crippen LogP contribution in [0.3, 0.4) is 0 Å². The molecule has 0 spiro atoms. The molecule has 0 atom stereocenters. The van der Waals surface area contributed by atoms with E-state index in [1.807, 2.05) is 66.9 Å². The number of rotatable bonds is 6. The number of aryl methyl sites for hydroxylation is 1. The number of hydrogen-bond donors (Lipinski definition) is 1. The third-order valence-corrected chi connectivity index (χ3v) is 6.29. The van der Waals surface area contributed by atoms with Crippen LogP contribution in [0.25, 0.3) is 16.9 Å². The Kier molecular flexibility index (Phi) is 5.04. The molecule has 0 unspecified atom stereocenters. The van der Waals surface area contributed by atoms with Gasteiger partial charge in [0.2, 0.25) is 10.0 Å². The molecule has 0 aliphatic carbocycles. The standard InChI is InChI=1S/C21H21N5O2S/c1-16-20(14-22-25(16)2)29(27,28)23-13-18-15-26(19-11-7-4-8-12-19)24-21(18)17-9-5-3-6-10-17/h3-12,14-15,23H,13H2,1-2H3. The van der Waals surface area contributed by atoms with Crippen molar-refractivity contribution in [2.45, 2.75) is 18.4 Å². The van der Waals surface area contributed by atoms with Gasteiger partial charge in [0.25, 0.3) is 0 Å². The smallest absolute Gasteiger partial charge is 0.244 e. The van der Waals surface area contributed by atoms with Gasteiger partial charge in [0, 0.05) is 30.9 Å². The Bertz CT molecular complexity index is 1230. The summed E-state index contributed by atoms with van der Waals surface area (Å²) < 4.78 is 31.5. The minimum atomic E-state index is -3.69. The van der Waals surface area contributed by atoms with Gasteiger partial charge in [0.15, 0.2) is 0 Å². The number of nitrogens with one attached hydrogen (secondary N) is 1. The van der Waals surface area contributed by atoms with Crippen molar-refractivity contribution in [3.05, 3.63) is 84.3 Å². The van der Waals surface area contributed by atoms with Crippen LogP contribution < -0.4 is 4.72 Å². The number of benzene rings is 2. The molecule has 0 bridgehead atoms. The molecule has 4 rings (SSSR count). The summed E-state index contributed by atoms with van der Waals surface area (Å²) in [6.45, 7) is 1.85. The average Bonchev–Trinajstić information content (AvgIpc) is 3.32. The molecule has 0 aliphatic rings. The van der Waals surface area contributed by atoms with Gasteiger partial charge in [0.05, 0.1) is 23.3 Å². The van der Waals surface area contributed by atoms with E-state index < -0.39 is 10.0 Å². The van der Waals surface area contributed by atoms with Crippen molar-refractivity contribution in [3.63, 3.8) is 0 Å². The van der Waals surface area contributed by atoms with Crippen molar-refractivity contribution in [1.29, 1.82) is 0 Å². The molecule has 8 heteroatoms. The predicted octanol–water partition coefficient (Wildman–Crippen LogP) is 3.06. The third kappa shape index (κ3) is 3.85. The fraction of sp³-hybridized carbons (Fsp3) is 0.143. The first-order chi connectivity index (χ1) is 14.0. The summed E-state index contributed by atoms with van der Waals surface area (Å²) in [5, 5.41) is 8.74. The lowest BCUT2D eigenvalue weighted by molar-refractivity contribution is 0.580. The predicted molar refractivity (Wildman–Crippen MR) is 111 cm³/mol. The van der Waals surface area contributed by atoms with Crippen LogP contribution in [0.2, 0.25) is 0 Å². The summed E-state index contributed by atoms with van der Waals surface area (Å²) in [4.78, 5) is 0.178. The minimum Gasteiger partial charge on any atom is -0.272 e. The molecule has 0 amide bonds. The van der Waals surface area contributed by atoms with Gasteiger partial charge in [-0.25, -0.2) is 17.8 Å². The molecule has 7 nitrogen and oxygen atoms in total. The number of para-hydroxylation sites is 1. The van der Waals surface area contributed by atoms with Crippen LogP contribution >= 0.6 is 0 Å². The summed E-state index contributed by atoms with van der Waals surface area (Å²) in [7, 11) is -1.98. The van der Waals surface area contributed by atoms with Crippen molar-refractivity contribution in [2.75, 3.05) is 0 Å². The SMILES string of the molecule is Cc1c(S(=O)(=O)NCc2cn(-c3ccccc3)nc2-c2ccccc2)cnn1C. The molecule has 2 aromatic heterocycles. The molecule has 0 fully saturated rings. The molecule has 0 saturated heterocycles. The Balaban J connectivity index is 1.69. The molecule has 148 valence electrons. The zero-order valence-electron chi connectivity index (χ0n) is 16.1. The van der Waals surface area contributed by atoms with Crippen LogP contribution in [0.5, 0.6) is 0 Å². The lowest BCUT2D eigenvalue weighted by atomic mass is 10.1. The lowest BCUT2D eigenvalue weighted by Gasteiger charge is -2.06. The molecule has 0 saturated carbocycles. The van der Waals surface area contributed by atoms with Crippen molar-refractivity contribution < 1.29 is 8.42 Å². The molecule has 4 aromatic rings. The van der Waals surface area contributed by atoms with Gasteiger partial charge >= 0.3 is 0 Å². The van der Waals surface area contributed by atoms with E-state index in [0.717, 1.165) is 22.5 Å². The van der Waals surface area contributed by atoms with Gasteiger partial charge in [-0.05, 0) is 19.1 Å². The van der Waals surface area contributed by atoms with Crippen molar-refractivity contribution in [2.24, 2.45) is 7.05 Å². The topological polar surface area (TPSA) is 81.8 Å². The highest BCUT2D eigenvalue weighted by atomic mass is 32.2. The second-order valence-electron chi connectivity index (χ2n) is 6.69. The second kappa shape index (κ2) is 7.65. The number of sulfonamides is 1. The van der Waals surface area contributed by atoms with Crippen molar-refractivity contribution in [1.82, 2.24) is 24.3 Å². The van der Waals surface area contributed by atoms with E-state index in [4.69, 9.17) is 5.10 Å². The van der Waals surface area contributed by atoms with Crippen LogP contribution in [-0.2, 0) is 23.6 Å². The summed E-state index contributed by atoms with van der Waals surface area (Å²) >= 11 is 0. The third-order valence-electron chi connectivity index (χ3n) is 4.79. The Morgan fingerprint density at radius 2 is 1.66 bits per heavy atom. The molecule has 1 N–H and O–H groups in total. The van der Waals surface area contributed by atoms with Gasteiger partial charge in [-0.2, -0.15) is 10.2 Å². The highest BCUT2D eigenvalue weighted by molar-refractivity contribution is 7.89. The fourth-order valence-electron chi connectivity index (χ4n) is 3.08. The van der Waals surface area contributed by atoms with Gasteiger partial charge in [-0.1, -0.05) is 48.5 Å². The summed E-state index contributed by atoms with van der Waals surface area (Å²) in [6.07, 6.45) is 3.22. The highest BCUT2D eigenvalue weighted by Gasteiger charge is 2.21. The van der Waals surface area contributed by atoms with E-state index in [0.29, 0.717) is 5.69 Å². The average molecular weight is 407 g/mol. The normalized spacial score (nSPS) is 11.7. The highest BCUT2D eigenvalue weighted by Crippen LogP contribution is 2.24. The number of aromatic nitrogens is 4. The van der Waals surface area contributed by atoms with Crippen LogP contribution in [0.1, 0.15) is 11.3 Å². The zero-order chi connectivity index (χ0) is 20.4. The first-order valence-corrected chi connectivity index (χ1v) is 10.6.